The third-order valence-electron chi connectivity index (χ3n) is 1.35. The van der Waals surface area contributed by atoms with Gasteiger partial charge in [0.25, 0.3) is 0 Å². The van der Waals surface area contributed by atoms with E-state index in [1.54, 1.807) is 0 Å². The van der Waals surface area contributed by atoms with Crippen LogP contribution in [-0.2, 0) is 9.53 Å². The lowest BCUT2D eigenvalue weighted by Gasteiger charge is -2.05. The summed E-state index contributed by atoms with van der Waals surface area (Å²) in [5, 5.41) is 11.0. The van der Waals surface area contributed by atoms with Gasteiger partial charge in [-0.2, -0.15) is 0 Å². The highest BCUT2D eigenvalue weighted by atomic mass is 16.5. The summed E-state index contributed by atoms with van der Waals surface area (Å²) in [7, 11) is 1.32. The Hall–Kier alpha value is -1.06. The smallest absolute Gasteiger partial charge is 0.314 e. The molecule has 4 nitrogen and oxygen atoms in total. The predicted octanol–water partition coefficient (Wildman–Crippen LogP) is 1.04. The van der Waals surface area contributed by atoms with Gasteiger partial charge in [0.2, 0.25) is 0 Å². The Morgan fingerprint density at radius 1 is 1.82 bits per heavy atom. The first-order valence-electron chi connectivity index (χ1n) is 3.51. The highest BCUT2D eigenvalue weighted by Crippen LogP contribution is 2.04. The Labute approximate surface area is 65.8 Å². The van der Waals surface area contributed by atoms with Crippen LogP contribution in [0.4, 0.5) is 0 Å². The minimum Gasteiger partial charge on any atom is -0.469 e. The summed E-state index contributed by atoms with van der Waals surface area (Å²) in [6.45, 7) is 1.95. The average Bonchev–Trinajstić information content (AvgIpc) is 2.03. The summed E-state index contributed by atoms with van der Waals surface area (Å²) >= 11 is 0. The first kappa shape index (κ1) is 9.94. The summed E-state index contributed by atoms with van der Waals surface area (Å²) in [4.78, 5) is 10.9. The van der Waals surface area contributed by atoms with E-state index in [-0.39, 0.29) is 5.97 Å². The highest BCUT2D eigenvalue weighted by Gasteiger charge is 2.15. The molecule has 1 atom stereocenters. The van der Waals surface area contributed by atoms with Crippen molar-refractivity contribution in [2.24, 2.45) is 11.1 Å². The summed E-state index contributed by atoms with van der Waals surface area (Å²) in [5.74, 6) is -0.764. The first-order valence-corrected chi connectivity index (χ1v) is 3.51. The van der Waals surface area contributed by atoms with Crippen LogP contribution in [0.15, 0.2) is 5.16 Å². The van der Waals surface area contributed by atoms with Gasteiger partial charge in [0, 0.05) is 0 Å². The molecular formula is C7H13NO3. The van der Waals surface area contributed by atoms with E-state index in [1.807, 2.05) is 6.92 Å². The molecule has 1 unspecified atom stereocenters. The highest BCUT2D eigenvalue weighted by molar-refractivity contribution is 5.89. The Kier molecular flexibility index (Phi) is 5.15. The van der Waals surface area contributed by atoms with Crippen LogP contribution in [0.2, 0.25) is 0 Å². The number of nitrogens with zero attached hydrogens (tertiary/aromatic N) is 1. The number of carbonyl (C=O) groups is 1. The minimum absolute atomic E-state index is 0.357. The number of hydrogen-bond acceptors (Lipinski definition) is 4. The van der Waals surface area contributed by atoms with E-state index < -0.39 is 5.92 Å². The molecule has 0 saturated carbocycles. The number of oxime groups is 1. The fraction of sp³-hybridized carbons (Fsp3) is 0.714. The second-order valence-corrected chi connectivity index (χ2v) is 2.18. The molecule has 0 rings (SSSR count). The SMILES string of the molecule is CCCC(/C=N\O)C(=O)OC. The number of hydrogen-bond donors (Lipinski definition) is 1. The lowest BCUT2D eigenvalue weighted by Crippen LogP contribution is -2.17. The fourth-order valence-electron chi connectivity index (χ4n) is 0.796. The van der Waals surface area contributed by atoms with Crippen LogP contribution in [0.3, 0.4) is 0 Å². The predicted molar refractivity (Wildman–Crippen MR) is 40.7 cm³/mol. The van der Waals surface area contributed by atoms with Crippen LogP contribution in [0.1, 0.15) is 19.8 Å². The van der Waals surface area contributed by atoms with Crippen molar-refractivity contribution in [2.75, 3.05) is 7.11 Å². The molecule has 0 aliphatic carbocycles. The van der Waals surface area contributed by atoms with E-state index in [0.29, 0.717) is 6.42 Å². The maximum Gasteiger partial charge on any atom is 0.314 e. The fourth-order valence-corrected chi connectivity index (χ4v) is 0.796. The van der Waals surface area contributed by atoms with Gasteiger partial charge < -0.3 is 9.94 Å². The van der Waals surface area contributed by atoms with Gasteiger partial charge in [0.15, 0.2) is 0 Å². The van der Waals surface area contributed by atoms with Crippen molar-refractivity contribution in [1.82, 2.24) is 0 Å². The molecule has 0 fully saturated rings. The molecule has 0 bridgehead atoms. The average molecular weight is 159 g/mol. The van der Waals surface area contributed by atoms with Crippen LogP contribution < -0.4 is 0 Å². The Morgan fingerprint density at radius 3 is 2.82 bits per heavy atom. The zero-order chi connectivity index (χ0) is 8.69. The molecule has 0 amide bonds. The molecule has 0 spiro atoms. The second-order valence-electron chi connectivity index (χ2n) is 2.18. The van der Waals surface area contributed by atoms with Crippen molar-refractivity contribution >= 4 is 12.2 Å². The van der Waals surface area contributed by atoms with Gasteiger partial charge in [0.1, 0.15) is 0 Å². The van der Waals surface area contributed by atoms with E-state index >= 15 is 0 Å². The van der Waals surface area contributed by atoms with Crippen molar-refractivity contribution < 1.29 is 14.7 Å². The molecule has 0 aromatic heterocycles. The van der Waals surface area contributed by atoms with Crippen LogP contribution >= 0.6 is 0 Å². The topological polar surface area (TPSA) is 58.9 Å². The van der Waals surface area contributed by atoms with Crippen LogP contribution in [0.25, 0.3) is 0 Å². The van der Waals surface area contributed by atoms with Gasteiger partial charge in [-0.1, -0.05) is 13.3 Å². The Balaban J connectivity index is 3.97. The third kappa shape index (κ3) is 3.60. The summed E-state index contributed by atoms with van der Waals surface area (Å²) in [6, 6.07) is 0. The molecular weight excluding hydrogens is 146 g/mol. The molecule has 0 radical (unpaired) electrons. The summed E-state index contributed by atoms with van der Waals surface area (Å²) < 4.78 is 4.48. The molecule has 0 aromatic rings. The molecule has 11 heavy (non-hydrogen) atoms. The van der Waals surface area contributed by atoms with Crippen molar-refractivity contribution in [3.8, 4) is 0 Å². The van der Waals surface area contributed by atoms with Gasteiger partial charge >= 0.3 is 5.97 Å². The van der Waals surface area contributed by atoms with E-state index in [0.717, 1.165) is 6.42 Å². The normalized spacial score (nSPS) is 13.3. The van der Waals surface area contributed by atoms with E-state index in [9.17, 15) is 4.79 Å². The molecule has 0 aliphatic heterocycles. The second kappa shape index (κ2) is 5.70. The van der Waals surface area contributed by atoms with Gasteiger partial charge in [-0.15, -0.1) is 5.16 Å². The summed E-state index contributed by atoms with van der Waals surface area (Å²) in [6.07, 6.45) is 2.69. The van der Waals surface area contributed by atoms with Gasteiger partial charge in [-0.25, -0.2) is 0 Å². The standard InChI is InChI=1S/C7H13NO3/c1-3-4-6(5-8-10)7(9)11-2/h5-6,10H,3-4H2,1-2H3/b8-5-. The monoisotopic (exact) mass is 159 g/mol. The van der Waals surface area contributed by atoms with Crippen molar-refractivity contribution in [3.63, 3.8) is 0 Å². The number of esters is 1. The van der Waals surface area contributed by atoms with Gasteiger partial charge in [0.05, 0.1) is 19.2 Å². The number of ether oxygens (including phenoxy) is 1. The minimum atomic E-state index is -0.407. The molecule has 64 valence electrons. The largest absolute Gasteiger partial charge is 0.469 e. The van der Waals surface area contributed by atoms with Crippen LogP contribution in [-0.4, -0.2) is 24.5 Å². The Bertz CT molecular complexity index is 145. The van der Waals surface area contributed by atoms with Gasteiger partial charge in [-0.3, -0.25) is 4.79 Å². The van der Waals surface area contributed by atoms with Crippen molar-refractivity contribution in [2.45, 2.75) is 19.8 Å². The first-order chi connectivity index (χ1) is 5.26. The Morgan fingerprint density at radius 2 is 2.45 bits per heavy atom. The zero-order valence-corrected chi connectivity index (χ0v) is 6.78. The van der Waals surface area contributed by atoms with E-state index in [4.69, 9.17) is 5.21 Å². The van der Waals surface area contributed by atoms with E-state index in [2.05, 4.69) is 9.89 Å². The molecule has 0 aromatic carbocycles. The number of rotatable bonds is 4. The maximum absolute atomic E-state index is 10.9. The van der Waals surface area contributed by atoms with Crippen molar-refractivity contribution in [1.29, 1.82) is 0 Å². The van der Waals surface area contributed by atoms with Crippen LogP contribution in [0.5, 0.6) is 0 Å². The quantitative estimate of drug-likeness (QED) is 0.288. The lowest BCUT2D eigenvalue weighted by molar-refractivity contribution is -0.143. The zero-order valence-electron chi connectivity index (χ0n) is 6.78. The molecule has 0 heterocycles. The number of carbonyl (C=O) groups excluding carboxylic acids is 1. The molecule has 0 aliphatic rings. The van der Waals surface area contributed by atoms with Crippen LogP contribution in [0, 0.1) is 5.92 Å². The molecule has 1 N–H and O–H groups in total. The lowest BCUT2D eigenvalue weighted by atomic mass is 10.1. The summed E-state index contributed by atoms with van der Waals surface area (Å²) in [5.41, 5.74) is 0. The molecule has 4 heteroatoms. The van der Waals surface area contributed by atoms with Gasteiger partial charge in [-0.05, 0) is 6.42 Å². The third-order valence-corrected chi connectivity index (χ3v) is 1.35. The van der Waals surface area contributed by atoms with Crippen molar-refractivity contribution in [3.05, 3.63) is 0 Å². The molecule has 0 saturated heterocycles. The van der Waals surface area contributed by atoms with E-state index in [1.165, 1.54) is 13.3 Å². The maximum atomic E-state index is 10.9. The number of methoxy groups -OCH3 is 1.